The maximum Gasteiger partial charge on any atom is 0.230 e. The molecule has 3 N–H and O–H groups in total. The molecule has 1 aliphatic rings. The normalized spacial score (nSPS) is 20.1. The van der Waals surface area contributed by atoms with Crippen LogP contribution in [0.3, 0.4) is 0 Å². The van der Waals surface area contributed by atoms with Crippen molar-refractivity contribution in [2.45, 2.75) is 27.7 Å². The first-order chi connectivity index (χ1) is 9.64. The van der Waals surface area contributed by atoms with Crippen molar-refractivity contribution in [3.05, 3.63) is 29.8 Å². The highest BCUT2D eigenvalue weighted by Crippen LogP contribution is 2.68. The van der Waals surface area contributed by atoms with E-state index in [0.717, 1.165) is 5.69 Å². The zero-order chi connectivity index (χ0) is 16.0. The Morgan fingerprint density at radius 3 is 2.05 bits per heavy atom. The minimum absolute atomic E-state index is 0.0201. The fourth-order valence-corrected chi connectivity index (χ4v) is 3.05. The monoisotopic (exact) mass is 289 g/mol. The van der Waals surface area contributed by atoms with Gasteiger partial charge in [0.2, 0.25) is 5.91 Å². The molecular formula is C16H23N3O2. The summed E-state index contributed by atoms with van der Waals surface area (Å²) < 4.78 is 0. The number of amides is 1. The molecule has 1 aromatic carbocycles. The van der Waals surface area contributed by atoms with Crippen molar-refractivity contribution in [2.75, 3.05) is 11.9 Å². The van der Waals surface area contributed by atoms with E-state index in [2.05, 4.69) is 32.9 Å². The number of carbonyl (C=O) groups is 1. The fraction of sp³-hybridized carbons (Fsp3) is 0.500. The molecule has 0 spiro atoms. The average Bonchev–Trinajstić information content (AvgIpc) is 2.86. The Kier molecular flexibility index (Phi) is 3.48. The van der Waals surface area contributed by atoms with E-state index in [4.69, 9.17) is 10.9 Å². The van der Waals surface area contributed by atoms with Gasteiger partial charge in [0.1, 0.15) is 0 Å². The van der Waals surface area contributed by atoms with E-state index >= 15 is 0 Å². The van der Waals surface area contributed by atoms with Gasteiger partial charge < -0.3 is 15.8 Å². The largest absolute Gasteiger partial charge is 0.409 e. The van der Waals surface area contributed by atoms with Gasteiger partial charge in [-0.3, -0.25) is 4.79 Å². The summed E-state index contributed by atoms with van der Waals surface area (Å²) in [7, 11) is 1.78. The number of anilines is 1. The van der Waals surface area contributed by atoms with Crippen LogP contribution in [0.5, 0.6) is 0 Å². The molecule has 1 aliphatic carbocycles. The number of carbonyl (C=O) groups excluding carboxylic acids is 1. The quantitative estimate of drug-likeness (QED) is 0.388. The van der Waals surface area contributed by atoms with Crippen molar-refractivity contribution >= 4 is 17.4 Å². The topological polar surface area (TPSA) is 78.9 Å². The molecule has 0 radical (unpaired) electrons. The van der Waals surface area contributed by atoms with Gasteiger partial charge in [-0.25, -0.2) is 0 Å². The van der Waals surface area contributed by atoms with Gasteiger partial charge >= 0.3 is 0 Å². The lowest BCUT2D eigenvalue weighted by Gasteiger charge is -2.19. The maximum atomic E-state index is 12.6. The first-order valence-electron chi connectivity index (χ1n) is 7.00. The molecule has 0 unspecified atom stereocenters. The van der Waals surface area contributed by atoms with Crippen LogP contribution < -0.4 is 10.6 Å². The van der Waals surface area contributed by atoms with Crippen LogP contribution in [0.1, 0.15) is 33.3 Å². The van der Waals surface area contributed by atoms with E-state index in [1.54, 1.807) is 36.2 Å². The Morgan fingerprint density at radius 1 is 1.19 bits per heavy atom. The lowest BCUT2D eigenvalue weighted by Crippen LogP contribution is -2.30. The summed E-state index contributed by atoms with van der Waals surface area (Å²) in [6.45, 7) is 8.52. The molecule has 5 nitrogen and oxygen atoms in total. The van der Waals surface area contributed by atoms with Gasteiger partial charge in [0.05, 0.1) is 0 Å². The lowest BCUT2D eigenvalue weighted by atomic mass is 10.0. The molecule has 0 saturated heterocycles. The number of hydrogen-bond acceptors (Lipinski definition) is 3. The molecule has 1 saturated carbocycles. The highest BCUT2D eigenvalue weighted by atomic mass is 16.4. The second kappa shape index (κ2) is 4.76. The Balaban J connectivity index is 2.18. The van der Waals surface area contributed by atoms with E-state index in [1.807, 2.05) is 0 Å². The lowest BCUT2D eigenvalue weighted by molar-refractivity contribution is -0.120. The Morgan fingerprint density at radius 2 is 1.67 bits per heavy atom. The fourth-order valence-electron chi connectivity index (χ4n) is 3.05. The van der Waals surface area contributed by atoms with Gasteiger partial charge in [-0.15, -0.1) is 0 Å². The molecule has 21 heavy (non-hydrogen) atoms. The molecule has 0 heterocycles. The van der Waals surface area contributed by atoms with Crippen LogP contribution in [0.25, 0.3) is 0 Å². The maximum absolute atomic E-state index is 12.6. The molecular weight excluding hydrogens is 266 g/mol. The van der Waals surface area contributed by atoms with Crippen molar-refractivity contribution in [1.29, 1.82) is 0 Å². The van der Waals surface area contributed by atoms with Crippen LogP contribution in [-0.2, 0) is 4.79 Å². The van der Waals surface area contributed by atoms with Crippen molar-refractivity contribution in [2.24, 2.45) is 27.6 Å². The smallest absolute Gasteiger partial charge is 0.230 e. The van der Waals surface area contributed by atoms with Crippen LogP contribution in [0.4, 0.5) is 5.69 Å². The number of nitrogens with two attached hydrogens (primary N) is 1. The number of oxime groups is 1. The van der Waals surface area contributed by atoms with Crippen LogP contribution >= 0.6 is 0 Å². The van der Waals surface area contributed by atoms with Crippen molar-refractivity contribution < 1.29 is 10.0 Å². The van der Waals surface area contributed by atoms with Gasteiger partial charge in [-0.2, -0.15) is 0 Å². The zero-order valence-corrected chi connectivity index (χ0v) is 13.2. The van der Waals surface area contributed by atoms with Gasteiger partial charge in [-0.05, 0) is 35.1 Å². The number of rotatable bonds is 3. The Bertz CT molecular complexity index is 574. The highest BCUT2D eigenvalue weighted by molar-refractivity contribution is 6.00. The van der Waals surface area contributed by atoms with Crippen LogP contribution in [0.2, 0.25) is 0 Å². The molecule has 0 bridgehead atoms. The second-order valence-corrected chi connectivity index (χ2v) is 6.81. The summed E-state index contributed by atoms with van der Waals surface area (Å²) in [5.74, 6) is 0.209. The van der Waals surface area contributed by atoms with Gasteiger partial charge in [0, 0.05) is 24.2 Å². The van der Waals surface area contributed by atoms with Gasteiger partial charge in [0.25, 0.3) is 0 Å². The summed E-state index contributed by atoms with van der Waals surface area (Å²) in [5.41, 5.74) is 6.99. The van der Waals surface area contributed by atoms with E-state index in [-0.39, 0.29) is 28.5 Å². The standard InChI is InChI=1S/C16H23N3O2/c1-15(2)12(16(15,3)4)14(20)19(5)11-8-6-10(7-9-11)13(17)18-21/h6-9,12,21H,1-5H3,(H2,17,18). The molecule has 0 aromatic heterocycles. The molecule has 1 aromatic rings. The predicted octanol–water partition coefficient (Wildman–Crippen LogP) is 2.43. The third-order valence-electron chi connectivity index (χ3n) is 5.26. The summed E-state index contributed by atoms with van der Waals surface area (Å²) in [6.07, 6.45) is 0. The van der Waals surface area contributed by atoms with Crippen molar-refractivity contribution in [1.82, 2.24) is 0 Å². The number of nitrogens with zero attached hydrogens (tertiary/aromatic N) is 2. The summed E-state index contributed by atoms with van der Waals surface area (Å²) in [5, 5.41) is 11.6. The first-order valence-corrected chi connectivity index (χ1v) is 7.00. The van der Waals surface area contributed by atoms with Crippen LogP contribution in [0.15, 0.2) is 29.4 Å². The van der Waals surface area contributed by atoms with Gasteiger partial charge in [-0.1, -0.05) is 32.9 Å². The average molecular weight is 289 g/mol. The molecule has 0 aliphatic heterocycles. The summed E-state index contributed by atoms with van der Waals surface area (Å²) in [4.78, 5) is 14.3. The molecule has 1 fully saturated rings. The van der Waals surface area contributed by atoms with Gasteiger partial charge in [0.15, 0.2) is 5.84 Å². The van der Waals surface area contributed by atoms with E-state index in [1.165, 1.54) is 0 Å². The third kappa shape index (κ3) is 2.26. The summed E-state index contributed by atoms with van der Waals surface area (Å²) in [6, 6.07) is 7.07. The highest BCUT2D eigenvalue weighted by Gasteiger charge is 2.68. The summed E-state index contributed by atoms with van der Waals surface area (Å²) >= 11 is 0. The van der Waals surface area contributed by atoms with E-state index in [9.17, 15) is 4.79 Å². The minimum atomic E-state index is 0.0201. The predicted molar refractivity (Wildman–Crippen MR) is 83.4 cm³/mol. The van der Waals surface area contributed by atoms with Crippen LogP contribution in [-0.4, -0.2) is 24.0 Å². The Hall–Kier alpha value is -2.04. The molecule has 0 atom stereocenters. The molecule has 2 rings (SSSR count). The zero-order valence-electron chi connectivity index (χ0n) is 13.2. The van der Waals surface area contributed by atoms with E-state index in [0.29, 0.717) is 5.56 Å². The van der Waals surface area contributed by atoms with Crippen LogP contribution in [0, 0.1) is 16.7 Å². The number of hydrogen-bond donors (Lipinski definition) is 2. The third-order valence-corrected chi connectivity index (χ3v) is 5.26. The molecule has 5 heteroatoms. The van der Waals surface area contributed by atoms with E-state index < -0.39 is 0 Å². The minimum Gasteiger partial charge on any atom is -0.409 e. The SMILES string of the molecule is CN(C(=O)C1C(C)(C)C1(C)C)c1ccc(C(N)=NO)cc1. The Labute approximate surface area is 125 Å². The first kappa shape index (κ1) is 15.4. The van der Waals surface area contributed by atoms with Crippen molar-refractivity contribution in [3.8, 4) is 0 Å². The molecule has 114 valence electrons. The number of benzene rings is 1. The number of amidine groups is 1. The second-order valence-electron chi connectivity index (χ2n) is 6.81. The van der Waals surface area contributed by atoms with Crippen molar-refractivity contribution in [3.63, 3.8) is 0 Å². The molecule has 1 amide bonds.